The predicted molar refractivity (Wildman–Crippen MR) is 117 cm³/mol. The molecule has 0 radical (unpaired) electrons. The van der Waals surface area contributed by atoms with E-state index >= 15 is 0 Å². The highest BCUT2D eigenvalue weighted by molar-refractivity contribution is 6.08. The largest absolute Gasteiger partial charge is 0.505 e. The number of amides is 1. The fourth-order valence-corrected chi connectivity index (χ4v) is 3.20. The first kappa shape index (κ1) is 21.3. The molecule has 158 valence electrons. The fourth-order valence-electron chi connectivity index (χ4n) is 3.20. The Hall–Kier alpha value is -3.41. The van der Waals surface area contributed by atoms with Crippen molar-refractivity contribution in [2.24, 2.45) is 0 Å². The van der Waals surface area contributed by atoms with Crippen molar-refractivity contribution >= 4 is 11.6 Å². The van der Waals surface area contributed by atoms with E-state index < -0.39 is 5.91 Å². The molecule has 0 aliphatic heterocycles. The minimum atomic E-state index is -0.579. The number of aromatic nitrogens is 1. The molecule has 1 aromatic heterocycles. The Bertz CT molecular complexity index is 949. The quantitative estimate of drug-likeness (QED) is 0.405. The highest BCUT2D eigenvalue weighted by Crippen LogP contribution is 2.31. The molecule has 0 unspecified atom stereocenters. The predicted octanol–water partition coefficient (Wildman–Crippen LogP) is 5.16. The van der Waals surface area contributed by atoms with E-state index in [0.717, 1.165) is 24.2 Å². The number of nitrogens with zero attached hydrogens (tertiary/aromatic N) is 1. The molecule has 0 spiro atoms. The Morgan fingerprint density at radius 2 is 1.73 bits per heavy atom. The lowest BCUT2D eigenvalue weighted by Crippen LogP contribution is -2.12. The molecule has 3 N–H and O–H groups in total. The van der Waals surface area contributed by atoms with Crippen molar-refractivity contribution in [2.45, 2.75) is 39.2 Å². The standard InChI is InChI=1S/C24H28N2O4/c1-2-3-4-8-15-30-20-13-11-19(12-14-20)25-23(28)22-21(27)17-26(24(22)29)16-18-9-6-5-7-10-18/h5-7,9-14,17,27,29H,2-4,8,15-16H2,1H3,(H,25,28). The molecule has 0 aliphatic rings. The highest BCUT2D eigenvalue weighted by Gasteiger charge is 2.22. The van der Waals surface area contributed by atoms with Gasteiger partial charge in [0.1, 0.15) is 17.1 Å². The van der Waals surface area contributed by atoms with Crippen LogP contribution in [0.1, 0.15) is 48.5 Å². The number of carbonyl (C=O) groups excluding carboxylic acids is 1. The molecule has 1 amide bonds. The van der Waals surface area contributed by atoms with Crippen molar-refractivity contribution in [3.63, 3.8) is 0 Å². The van der Waals surface area contributed by atoms with Crippen LogP contribution in [0.15, 0.2) is 60.8 Å². The van der Waals surface area contributed by atoms with E-state index in [1.54, 1.807) is 24.3 Å². The van der Waals surface area contributed by atoms with Crippen LogP contribution in [0.5, 0.6) is 17.4 Å². The van der Waals surface area contributed by atoms with Gasteiger partial charge in [0.25, 0.3) is 5.91 Å². The molecule has 0 bridgehead atoms. The maximum absolute atomic E-state index is 12.6. The molecule has 0 fully saturated rings. The van der Waals surface area contributed by atoms with Crippen LogP contribution in [0, 0.1) is 0 Å². The number of hydrogen-bond donors (Lipinski definition) is 3. The summed E-state index contributed by atoms with van der Waals surface area (Å²) in [5.74, 6) is -0.386. The molecule has 3 rings (SSSR count). The first-order valence-corrected chi connectivity index (χ1v) is 10.3. The monoisotopic (exact) mass is 408 g/mol. The molecule has 0 atom stereocenters. The highest BCUT2D eigenvalue weighted by atomic mass is 16.5. The number of benzene rings is 2. The summed E-state index contributed by atoms with van der Waals surface area (Å²) in [4.78, 5) is 12.6. The molecule has 30 heavy (non-hydrogen) atoms. The summed E-state index contributed by atoms with van der Waals surface area (Å²) in [6.07, 6.45) is 5.93. The lowest BCUT2D eigenvalue weighted by atomic mass is 10.2. The van der Waals surface area contributed by atoms with Gasteiger partial charge in [0.05, 0.1) is 19.3 Å². The van der Waals surface area contributed by atoms with Crippen molar-refractivity contribution in [1.29, 1.82) is 0 Å². The molecule has 6 heteroatoms. The Morgan fingerprint density at radius 3 is 2.43 bits per heavy atom. The third-order valence-electron chi connectivity index (χ3n) is 4.83. The van der Waals surface area contributed by atoms with Gasteiger partial charge >= 0.3 is 0 Å². The van der Waals surface area contributed by atoms with Crippen molar-refractivity contribution in [3.05, 3.63) is 71.9 Å². The van der Waals surface area contributed by atoms with Gasteiger partial charge in [-0.15, -0.1) is 0 Å². The van der Waals surface area contributed by atoms with Gasteiger partial charge in [-0.2, -0.15) is 0 Å². The van der Waals surface area contributed by atoms with Crippen molar-refractivity contribution in [2.75, 3.05) is 11.9 Å². The van der Waals surface area contributed by atoms with Gasteiger partial charge in [-0.05, 0) is 36.2 Å². The summed E-state index contributed by atoms with van der Waals surface area (Å²) in [6, 6.07) is 16.5. The molecule has 0 saturated heterocycles. The van der Waals surface area contributed by atoms with Gasteiger partial charge < -0.3 is 24.8 Å². The molecule has 1 heterocycles. The van der Waals surface area contributed by atoms with Gasteiger partial charge in [0, 0.05) is 5.69 Å². The number of carbonyl (C=O) groups is 1. The summed E-state index contributed by atoms with van der Waals surface area (Å²) in [5, 5.41) is 23.3. The lowest BCUT2D eigenvalue weighted by Gasteiger charge is -2.09. The number of hydrogen-bond acceptors (Lipinski definition) is 4. The summed E-state index contributed by atoms with van der Waals surface area (Å²) in [5.41, 5.74) is 1.34. The Balaban J connectivity index is 1.60. The summed E-state index contributed by atoms with van der Waals surface area (Å²) < 4.78 is 7.14. The third-order valence-corrected chi connectivity index (χ3v) is 4.83. The van der Waals surface area contributed by atoms with Crippen LogP contribution in [-0.4, -0.2) is 27.3 Å². The lowest BCUT2D eigenvalue weighted by molar-refractivity contribution is 0.102. The van der Waals surface area contributed by atoms with Crippen LogP contribution in [0.25, 0.3) is 0 Å². The molecular weight excluding hydrogens is 380 g/mol. The number of aromatic hydroxyl groups is 2. The molecule has 3 aromatic rings. The SMILES string of the molecule is CCCCCCOc1ccc(NC(=O)c2c(O)cn(Cc3ccccc3)c2O)cc1. The third kappa shape index (κ3) is 5.56. The Labute approximate surface area is 176 Å². The molecule has 0 saturated carbocycles. The van der Waals surface area contributed by atoms with E-state index in [0.29, 0.717) is 18.8 Å². The van der Waals surface area contributed by atoms with Gasteiger partial charge in [-0.25, -0.2) is 0 Å². The maximum Gasteiger partial charge on any atom is 0.264 e. The van der Waals surface area contributed by atoms with Gasteiger partial charge in [-0.3, -0.25) is 4.79 Å². The summed E-state index contributed by atoms with van der Waals surface area (Å²) >= 11 is 0. The van der Waals surface area contributed by atoms with Crippen LogP contribution in [0.4, 0.5) is 5.69 Å². The minimum Gasteiger partial charge on any atom is -0.505 e. The van der Waals surface area contributed by atoms with Gasteiger partial charge in [0.2, 0.25) is 5.88 Å². The van der Waals surface area contributed by atoms with E-state index in [1.807, 2.05) is 30.3 Å². The molecule has 2 aromatic carbocycles. The second kappa shape index (κ2) is 10.4. The molecule has 6 nitrogen and oxygen atoms in total. The van der Waals surface area contributed by atoms with Crippen LogP contribution < -0.4 is 10.1 Å². The van der Waals surface area contributed by atoms with Crippen LogP contribution in [0.3, 0.4) is 0 Å². The van der Waals surface area contributed by atoms with Gasteiger partial charge in [-0.1, -0.05) is 56.5 Å². The van der Waals surface area contributed by atoms with Crippen molar-refractivity contribution in [1.82, 2.24) is 4.57 Å². The van der Waals surface area contributed by atoms with Crippen LogP contribution >= 0.6 is 0 Å². The number of nitrogens with one attached hydrogen (secondary N) is 1. The van der Waals surface area contributed by atoms with Crippen LogP contribution in [-0.2, 0) is 6.54 Å². The topological polar surface area (TPSA) is 83.7 Å². The fraction of sp³-hybridized carbons (Fsp3) is 0.292. The molecule has 0 aliphatic carbocycles. The number of anilines is 1. The number of unbranched alkanes of at least 4 members (excludes halogenated alkanes) is 3. The van der Waals surface area contributed by atoms with Crippen LogP contribution in [0.2, 0.25) is 0 Å². The van der Waals surface area contributed by atoms with E-state index in [-0.39, 0.29) is 17.2 Å². The average Bonchev–Trinajstić information content (AvgIpc) is 3.02. The van der Waals surface area contributed by atoms with E-state index in [1.165, 1.54) is 23.6 Å². The normalized spacial score (nSPS) is 10.7. The zero-order valence-electron chi connectivity index (χ0n) is 17.2. The van der Waals surface area contributed by atoms with E-state index in [4.69, 9.17) is 4.74 Å². The number of rotatable bonds is 10. The average molecular weight is 408 g/mol. The minimum absolute atomic E-state index is 0.151. The first-order chi connectivity index (χ1) is 14.6. The van der Waals surface area contributed by atoms with E-state index in [9.17, 15) is 15.0 Å². The first-order valence-electron chi connectivity index (χ1n) is 10.3. The van der Waals surface area contributed by atoms with E-state index in [2.05, 4.69) is 12.2 Å². The zero-order chi connectivity index (χ0) is 21.3. The summed E-state index contributed by atoms with van der Waals surface area (Å²) in [6.45, 7) is 3.19. The Kier molecular flexibility index (Phi) is 7.38. The maximum atomic E-state index is 12.6. The second-order valence-electron chi connectivity index (χ2n) is 7.21. The van der Waals surface area contributed by atoms with Crippen molar-refractivity contribution < 1.29 is 19.7 Å². The second-order valence-corrected chi connectivity index (χ2v) is 7.21. The Morgan fingerprint density at radius 1 is 1.00 bits per heavy atom. The van der Waals surface area contributed by atoms with Crippen molar-refractivity contribution in [3.8, 4) is 17.4 Å². The van der Waals surface area contributed by atoms with Gasteiger partial charge in [0.15, 0.2) is 0 Å². The smallest absolute Gasteiger partial charge is 0.264 e. The molecular formula is C24H28N2O4. The zero-order valence-corrected chi connectivity index (χ0v) is 17.2. The number of ether oxygens (including phenoxy) is 1. The summed E-state index contributed by atoms with van der Waals surface area (Å²) in [7, 11) is 0.